The van der Waals surface area contributed by atoms with Gasteiger partial charge in [-0.25, -0.2) is 0 Å². The molecule has 1 amide bonds. The van der Waals surface area contributed by atoms with E-state index < -0.39 is 12.1 Å². The van der Waals surface area contributed by atoms with Crippen LogP contribution in [-0.4, -0.2) is 41.1 Å². The molecule has 120 valence electrons. The molecule has 1 saturated heterocycles. The van der Waals surface area contributed by atoms with Crippen LogP contribution in [0, 0.1) is 5.92 Å². The lowest BCUT2D eigenvalue weighted by molar-refractivity contribution is -0.147. The van der Waals surface area contributed by atoms with Gasteiger partial charge < -0.3 is 14.7 Å². The van der Waals surface area contributed by atoms with Crippen LogP contribution in [0.1, 0.15) is 19.8 Å². The first-order valence-electron chi connectivity index (χ1n) is 7.02. The summed E-state index contributed by atoms with van der Waals surface area (Å²) in [5, 5.41) is 9.60. The Balaban J connectivity index is 1.95. The van der Waals surface area contributed by atoms with E-state index >= 15 is 0 Å². The molecule has 0 spiro atoms. The van der Waals surface area contributed by atoms with E-state index in [0.29, 0.717) is 36.7 Å². The van der Waals surface area contributed by atoms with Crippen molar-refractivity contribution in [3.8, 4) is 5.75 Å². The fourth-order valence-electron chi connectivity index (χ4n) is 2.42. The number of halogens is 2. The molecule has 22 heavy (non-hydrogen) atoms. The Labute approximate surface area is 138 Å². The summed E-state index contributed by atoms with van der Waals surface area (Å²) in [5.41, 5.74) is 0. The van der Waals surface area contributed by atoms with E-state index in [4.69, 9.17) is 33.0 Å². The molecule has 1 aromatic carbocycles. The van der Waals surface area contributed by atoms with E-state index in [1.165, 1.54) is 0 Å². The highest BCUT2D eigenvalue weighted by atomic mass is 35.5. The summed E-state index contributed by atoms with van der Waals surface area (Å²) in [6.45, 7) is 2.49. The van der Waals surface area contributed by atoms with Gasteiger partial charge in [-0.15, -0.1) is 0 Å². The van der Waals surface area contributed by atoms with Gasteiger partial charge in [0.05, 0.1) is 10.9 Å². The number of carbonyl (C=O) groups excluding carboxylic acids is 1. The van der Waals surface area contributed by atoms with Crippen molar-refractivity contribution in [1.29, 1.82) is 0 Å². The summed E-state index contributed by atoms with van der Waals surface area (Å²) in [4.78, 5) is 24.9. The van der Waals surface area contributed by atoms with Crippen molar-refractivity contribution in [1.82, 2.24) is 4.90 Å². The number of carboxylic acid groups (broad SMARTS) is 1. The zero-order chi connectivity index (χ0) is 16.3. The normalized spacial score (nSPS) is 17.1. The van der Waals surface area contributed by atoms with E-state index in [2.05, 4.69) is 0 Å². The molecule has 5 nitrogen and oxygen atoms in total. The van der Waals surface area contributed by atoms with E-state index in [-0.39, 0.29) is 16.8 Å². The van der Waals surface area contributed by atoms with Crippen LogP contribution in [0.3, 0.4) is 0 Å². The van der Waals surface area contributed by atoms with Gasteiger partial charge in [-0.1, -0.05) is 29.3 Å². The monoisotopic (exact) mass is 345 g/mol. The minimum Gasteiger partial charge on any atom is -0.481 e. The molecule has 1 aliphatic rings. The Morgan fingerprint density at radius 1 is 1.32 bits per heavy atom. The summed E-state index contributed by atoms with van der Waals surface area (Å²) in [7, 11) is 0. The Kier molecular flexibility index (Phi) is 5.53. The van der Waals surface area contributed by atoms with Crippen molar-refractivity contribution in [3.05, 3.63) is 28.2 Å². The molecule has 1 aromatic rings. The zero-order valence-electron chi connectivity index (χ0n) is 12.1. The molecule has 1 aliphatic heterocycles. The Bertz CT molecular complexity index is 571. The first kappa shape index (κ1) is 16.9. The maximum Gasteiger partial charge on any atom is 0.306 e. The van der Waals surface area contributed by atoms with Crippen molar-refractivity contribution in [2.75, 3.05) is 13.1 Å². The second kappa shape index (κ2) is 7.20. The summed E-state index contributed by atoms with van der Waals surface area (Å²) in [5.74, 6) is -1.000. The van der Waals surface area contributed by atoms with Gasteiger partial charge in [0, 0.05) is 13.1 Å². The predicted molar refractivity (Wildman–Crippen MR) is 83.5 cm³/mol. The molecule has 0 radical (unpaired) electrons. The topological polar surface area (TPSA) is 66.8 Å². The van der Waals surface area contributed by atoms with Gasteiger partial charge in [0.1, 0.15) is 10.8 Å². The van der Waals surface area contributed by atoms with Gasteiger partial charge >= 0.3 is 5.97 Å². The number of aliphatic carboxylic acids is 1. The molecule has 1 heterocycles. The SMILES string of the molecule is C[C@@H](Oc1cccc(Cl)c1Cl)C(=O)N1CCC(C(=O)O)CC1. The number of rotatable bonds is 4. The van der Waals surface area contributed by atoms with E-state index in [9.17, 15) is 9.59 Å². The predicted octanol–water partition coefficient (Wildman–Crippen LogP) is 3.08. The van der Waals surface area contributed by atoms with Crippen molar-refractivity contribution < 1.29 is 19.4 Å². The Morgan fingerprint density at radius 2 is 1.95 bits per heavy atom. The molecular weight excluding hydrogens is 329 g/mol. The molecule has 1 N–H and O–H groups in total. The van der Waals surface area contributed by atoms with E-state index in [1.54, 1.807) is 30.0 Å². The number of amides is 1. The highest BCUT2D eigenvalue weighted by molar-refractivity contribution is 6.42. The number of carbonyl (C=O) groups is 2. The summed E-state index contributed by atoms with van der Waals surface area (Å²) in [6, 6.07) is 4.98. The van der Waals surface area contributed by atoms with Crippen molar-refractivity contribution in [3.63, 3.8) is 0 Å². The van der Waals surface area contributed by atoms with Gasteiger partial charge in [-0.3, -0.25) is 9.59 Å². The summed E-state index contributed by atoms with van der Waals surface area (Å²) in [6.07, 6.45) is 0.217. The molecule has 0 saturated carbocycles. The largest absolute Gasteiger partial charge is 0.481 e. The quantitative estimate of drug-likeness (QED) is 0.910. The van der Waals surface area contributed by atoms with Crippen LogP contribution in [-0.2, 0) is 9.59 Å². The average molecular weight is 346 g/mol. The third-order valence-electron chi connectivity index (χ3n) is 3.72. The molecule has 1 fully saturated rings. The summed E-state index contributed by atoms with van der Waals surface area (Å²) >= 11 is 11.9. The lowest BCUT2D eigenvalue weighted by atomic mass is 9.97. The average Bonchev–Trinajstić information content (AvgIpc) is 2.51. The number of nitrogens with zero attached hydrogens (tertiary/aromatic N) is 1. The van der Waals surface area contributed by atoms with Gasteiger partial charge in [-0.05, 0) is 31.9 Å². The van der Waals surface area contributed by atoms with Crippen LogP contribution in [0.5, 0.6) is 5.75 Å². The molecule has 7 heteroatoms. The van der Waals surface area contributed by atoms with Crippen LogP contribution < -0.4 is 4.74 Å². The number of carboxylic acids is 1. The lowest BCUT2D eigenvalue weighted by Gasteiger charge is -2.32. The van der Waals surface area contributed by atoms with Crippen LogP contribution in [0.15, 0.2) is 18.2 Å². The number of ether oxygens (including phenoxy) is 1. The number of benzene rings is 1. The summed E-state index contributed by atoms with van der Waals surface area (Å²) < 4.78 is 5.59. The molecular formula is C15H17Cl2NO4. The molecule has 0 aliphatic carbocycles. The second-order valence-corrected chi connectivity index (χ2v) is 6.03. The van der Waals surface area contributed by atoms with Gasteiger partial charge in [0.25, 0.3) is 5.91 Å². The molecule has 0 bridgehead atoms. The maximum absolute atomic E-state index is 12.4. The number of hydrogen-bond donors (Lipinski definition) is 1. The fraction of sp³-hybridized carbons (Fsp3) is 0.467. The lowest BCUT2D eigenvalue weighted by Crippen LogP contribution is -2.45. The highest BCUT2D eigenvalue weighted by Gasteiger charge is 2.30. The van der Waals surface area contributed by atoms with E-state index in [0.717, 1.165) is 0 Å². The van der Waals surface area contributed by atoms with Crippen LogP contribution >= 0.6 is 23.2 Å². The molecule has 2 rings (SSSR count). The maximum atomic E-state index is 12.4. The van der Waals surface area contributed by atoms with Gasteiger partial charge in [-0.2, -0.15) is 0 Å². The van der Waals surface area contributed by atoms with Crippen molar-refractivity contribution in [2.45, 2.75) is 25.9 Å². The first-order chi connectivity index (χ1) is 10.4. The van der Waals surface area contributed by atoms with Crippen molar-refractivity contribution in [2.24, 2.45) is 5.92 Å². The smallest absolute Gasteiger partial charge is 0.306 e. The molecule has 0 aromatic heterocycles. The third kappa shape index (κ3) is 3.84. The highest BCUT2D eigenvalue weighted by Crippen LogP contribution is 2.32. The number of hydrogen-bond acceptors (Lipinski definition) is 3. The minimum absolute atomic E-state index is 0.181. The molecule has 1 atom stereocenters. The van der Waals surface area contributed by atoms with Crippen molar-refractivity contribution >= 4 is 35.1 Å². The van der Waals surface area contributed by atoms with Gasteiger partial charge in [0.15, 0.2) is 6.10 Å². The zero-order valence-corrected chi connectivity index (χ0v) is 13.6. The standard InChI is InChI=1S/C15H17Cl2NO4/c1-9(22-12-4-2-3-11(16)13(12)17)14(19)18-7-5-10(6-8-18)15(20)21/h2-4,9-10H,5-8H2,1H3,(H,20,21)/t9-/m1/s1. The van der Waals surface area contributed by atoms with Crippen LogP contribution in [0.2, 0.25) is 10.0 Å². The first-order valence-corrected chi connectivity index (χ1v) is 7.78. The Morgan fingerprint density at radius 3 is 2.55 bits per heavy atom. The minimum atomic E-state index is -0.804. The van der Waals surface area contributed by atoms with Gasteiger partial charge in [0.2, 0.25) is 0 Å². The fourth-order valence-corrected chi connectivity index (χ4v) is 2.76. The molecule has 0 unspecified atom stereocenters. The number of likely N-dealkylation sites (tertiary alicyclic amines) is 1. The Hall–Kier alpha value is -1.46. The van der Waals surface area contributed by atoms with E-state index in [1.807, 2.05) is 0 Å². The second-order valence-electron chi connectivity index (χ2n) is 5.25. The van der Waals surface area contributed by atoms with Crippen LogP contribution in [0.25, 0.3) is 0 Å². The number of piperidine rings is 1. The third-order valence-corrected chi connectivity index (χ3v) is 4.53. The van der Waals surface area contributed by atoms with Crippen LogP contribution in [0.4, 0.5) is 0 Å².